The van der Waals surface area contributed by atoms with Gasteiger partial charge in [-0.2, -0.15) is 0 Å². The van der Waals surface area contributed by atoms with Crippen molar-refractivity contribution in [2.45, 2.75) is 39.2 Å². The summed E-state index contributed by atoms with van der Waals surface area (Å²) in [6.07, 6.45) is 3.62. The number of carbonyl (C=O) groups excluding carboxylic acids is 2. The first-order valence-corrected chi connectivity index (χ1v) is 5.87. The van der Waals surface area contributed by atoms with E-state index in [1.165, 1.54) is 0 Å². The lowest BCUT2D eigenvalue weighted by atomic mass is 9.85. The molecule has 1 atom stereocenters. The molecule has 4 heteroatoms. The molecule has 0 aliphatic carbocycles. The van der Waals surface area contributed by atoms with E-state index in [-0.39, 0.29) is 6.09 Å². The highest BCUT2D eigenvalue weighted by Gasteiger charge is 2.40. The molecule has 0 N–H and O–H groups in total. The molecule has 4 nitrogen and oxygen atoms in total. The Labute approximate surface area is 103 Å². The third-order valence-corrected chi connectivity index (χ3v) is 2.84. The number of amides is 1. The van der Waals surface area contributed by atoms with E-state index in [4.69, 9.17) is 4.74 Å². The van der Waals surface area contributed by atoms with E-state index in [1.807, 2.05) is 20.8 Å². The molecule has 1 aliphatic heterocycles. The maximum atomic E-state index is 11.8. The van der Waals surface area contributed by atoms with Crippen LogP contribution < -0.4 is 0 Å². The van der Waals surface area contributed by atoms with Gasteiger partial charge >= 0.3 is 6.09 Å². The molecule has 1 saturated heterocycles. The molecule has 1 heterocycles. The van der Waals surface area contributed by atoms with Crippen LogP contribution >= 0.6 is 0 Å². The van der Waals surface area contributed by atoms with Crippen molar-refractivity contribution >= 4 is 12.4 Å². The van der Waals surface area contributed by atoms with Crippen molar-refractivity contribution in [1.29, 1.82) is 0 Å². The standard InChI is InChI=1S/C13H21NO3/c1-5-6-13(10-15)7-8-14(9-13)11(16)17-12(2,3)4/h5,10H,1,6-9H2,2-4H3. The molecule has 0 aromatic rings. The summed E-state index contributed by atoms with van der Waals surface area (Å²) in [5, 5.41) is 0. The molecule has 1 fully saturated rings. The van der Waals surface area contributed by atoms with Crippen LogP contribution in [-0.2, 0) is 9.53 Å². The second kappa shape index (κ2) is 4.90. The molecule has 1 amide bonds. The lowest BCUT2D eigenvalue weighted by Crippen LogP contribution is -2.37. The van der Waals surface area contributed by atoms with Crippen LogP contribution in [0.15, 0.2) is 12.7 Å². The van der Waals surface area contributed by atoms with Crippen LogP contribution in [0.2, 0.25) is 0 Å². The molecule has 0 aromatic heterocycles. The lowest BCUT2D eigenvalue weighted by Gasteiger charge is -2.25. The molecule has 0 aromatic carbocycles. The monoisotopic (exact) mass is 239 g/mol. The highest BCUT2D eigenvalue weighted by atomic mass is 16.6. The molecular formula is C13H21NO3. The SMILES string of the molecule is C=CCC1(C=O)CCN(C(=O)OC(C)(C)C)C1. The van der Waals surface area contributed by atoms with E-state index in [0.717, 1.165) is 6.29 Å². The zero-order chi connectivity index (χ0) is 13.1. The first-order chi connectivity index (χ1) is 7.82. The van der Waals surface area contributed by atoms with Gasteiger partial charge in [-0.05, 0) is 33.6 Å². The first kappa shape index (κ1) is 13.7. The Morgan fingerprint density at radius 2 is 2.18 bits per heavy atom. The van der Waals surface area contributed by atoms with Crippen molar-refractivity contribution < 1.29 is 14.3 Å². The minimum absolute atomic E-state index is 0.342. The van der Waals surface area contributed by atoms with Gasteiger partial charge in [-0.1, -0.05) is 6.08 Å². The minimum Gasteiger partial charge on any atom is -0.444 e. The summed E-state index contributed by atoms with van der Waals surface area (Å²) < 4.78 is 5.28. The normalized spacial score (nSPS) is 24.5. The number of likely N-dealkylation sites (tertiary alicyclic amines) is 1. The van der Waals surface area contributed by atoms with Gasteiger partial charge in [-0.3, -0.25) is 0 Å². The van der Waals surface area contributed by atoms with Gasteiger partial charge in [0.05, 0.1) is 0 Å². The van der Waals surface area contributed by atoms with Crippen LogP contribution in [0.3, 0.4) is 0 Å². The number of nitrogens with zero attached hydrogens (tertiary/aromatic N) is 1. The maximum Gasteiger partial charge on any atom is 0.410 e. The molecule has 0 spiro atoms. The van der Waals surface area contributed by atoms with E-state index >= 15 is 0 Å². The second-order valence-electron chi connectivity index (χ2n) is 5.62. The third kappa shape index (κ3) is 3.58. The van der Waals surface area contributed by atoms with Gasteiger partial charge in [-0.15, -0.1) is 6.58 Å². The smallest absolute Gasteiger partial charge is 0.410 e. The third-order valence-electron chi connectivity index (χ3n) is 2.84. The number of ether oxygens (including phenoxy) is 1. The number of hydrogen-bond donors (Lipinski definition) is 0. The van der Waals surface area contributed by atoms with Crippen LogP contribution in [0.1, 0.15) is 33.6 Å². The summed E-state index contributed by atoms with van der Waals surface area (Å²) >= 11 is 0. The Balaban J connectivity index is 2.63. The van der Waals surface area contributed by atoms with E-state index in [2.05, 4.69) is 6.58 Å². The molecule has 0 saturated carbocycles. The van der Waals surface area contributed by atoms with Gasteiger partial charge in [0.2, 0.25) is 0 Å². The Hall–Kier alpha value is -1.32. The van der Waals surface area contributed by atoms with Crippen molar-refractivity contribution in [2.75, 3.05) is 13.1 Å². The summed E-state index contributed by atoms with van der Waals surface area (Å²) in [6, 6.07) is 0. The largest absolute Gasteiger partial charge is 0.444 e. The van der Waals surface area contributed by atoms with Crippen LogP contribution in [0.5, 0.6) is 0 Å². The van der Waals surface area contributed by atoms with Crippen LogP contribution in [0.4, 0.5) is 4.79 Å². The van der Waals surface area contributed by atoms with Crippen LogP contribution in [0, 0.1) is 5.41 Å². The highest BCUT2D eigenvalue weighted by Crippen LogP contribution is 2.32. The molecule has 96 valence electrons. The summed E-state index contributed by atoms with van der Waals surface area (Å²) in [6.45, 7) is 10.1. The number of aldehydes is 1. The van der Waals surface area contributed by atoms with Gasteiger partial charge in [0.25, 0.3) is 0 Å². The van der Waals surface area contributed by atoms with E-state index in [1.54, 1.807) is 11.0 Å². The van der Waals surface area contributed by atoms with Gasteiger partial charge in [-0.25, -0.2) is 4.79 Å². The van der Waals surface area contributed by atoms with Crippen molar-refractivity contribution in [3.8, 4) is 0 Å². The van der Waals surface area contributed by atoms with Gasteiger partial charge in [0, 0.05) is 18.5 Å². The predicted molar refractivity (Wildman–Crippen MR) is 65.7 cm³/mol. The van der Waals surface area contributed by atoms with Gasteiger partial charge in [0.1, 0.15) is 11.9 Å². The molecule has 1 rings (SSSR count). The summed E-state index contributed by atoms with van der Waals surface area (Å²) in [5.74, 6) is 0. The average Bonchev–Trinajstić information content (AvgIpc) is 2.61. The van der Waals surface area contributed by atoms with Crippen molar-refractivity contribution in [3.05, 3.63) is 12.7 Å². The summed E-state index contributed by atoms with van der Waals surface area (Å²) in [5.41, 5.74) is -0.958. The van der Waals surface area contributed by atoms with E-state index < -0.39 is 11.0 Å². The predicted octanol–water partition coefficient (Wildman–Crippen LogP) is 2.39. The fourth-order valence-electron chi connectivity index (χ4n) is 1.98. The number of allylic oxidation sites excluding steroid dienone is 1. The Kier molecular flexibility index (Phi) is 3.96. The zero-order valence-electron chi connectivity index (χ0n) is 10.9. The fourth-order valence-corrected chi connectivity index (χ4v) is 1.98. The van der Waals surface area contributed by atoms with Crippen LogP contribution in [0.25, 0.3) is 0 Å². The summed E-state index contributed by atoms with van der Waals surface area (Å²) in [7, 11) is 0. The maximum absolute atomic E-state index is 11.8. The van der Waals surface area contributed by atoms with Gasteiger partial charge in [0.15, 0.2) is 0 Å². The van der Waals surface area contributed by atoms with Crippen LogP contribution in [-0.4, -0.2) is 36.0 Å². The summed E-state index contributed by atoms with van der Waals surface area (Å²) in [4.78, 5) is 24.6. The highest BCUT2D eigenvalue weighted by molar-refractivity contribution is 5.71. The molecule has 17 heavy (non-hydrogen) atoms. The van der Waals surface area contributed by atoms with Crippen molar-refractivity contribution in [2.24, 2.45) is 5.41 Å². The molecular weight excluding hydrogens is 218 g/mol. The molecule has 0 radical (unpaired) electrons. The first-order valence-electron chi connectivity index (χ1n) is 5.87. The van der Waals surface area contributed by atoms with Crippen molar-refractivity contribution in [3.63, 3.8) is 0 Å². The number of hydrogen-bond acceptors (Lipinski definition) is 3. The fraction of sp³-hybridized carbons (Fsp3) is 0.692. The molecule has 1 unspecified atom stereocenters. The van der Waals surface area contributed by atoms with E-state index in [9.17, 15) is 9.59 Å². The Bertz CT molecular complexity index is 319. The topological polar surface area (TPSA) is 46.6 Å². The Morgan fingerprint density at radius 3 is 2.65 bits per heavy atom. The molecule has 1 aliphatic rings. The number of carbonyl (C=O) groups is 2. The van der Waals surface area contributed by atoms with E-state index in [0.29, 0.717) is 25.9 Å². The zero-order valence-corrected chi connectivity index (χ0v) is 10.9. The minimum atomic E-state index is -0.498. The quantitative estimate of drug-likeness (QED) is 0.561. The second-order valence-corrected chi connectivity index (χ2v) is 5.62. The average molecular weight is 239 g/mol. The Morgan fingerprint density at radius 1 is 1.53 bits per heavy atom. The molecule has 0 bridgehead atoms. The van der Waals surface area contributed by atoms with Gasteiger partial charge < -0.3 is 14.4 Å². The lowest BCUT2D eigenvalue weighted by molar-refractivity contribution is -0.115. The number of rotatable bonds is 3. The van der Waals surface area contributed by atoms with Crippen molar-refractivity contribution in [1.82, 2.24) is 4.90 Å².